The first-order valence-electron chi connectivity index (χ1n) is 10.2. The Morgan fingerprint density at radius 1 is 1.00 bits per heavy atom. The van der Waals surface area contributed by atoms with Crippen LogP contribution >= 0.6 is 45.2 Å². The van der Waals surface area contributed by atoms with E-state index in [0.717, 1.165) is 5.56 Å². The van der Waals surface area contributed by atoms with Crippen molar-refractivity contribution >= 4 is 67.8 Å². The molecule has 0 saturated heterocycles. The fraction of sp³-hybridized carbons (Fsp3) is 0.120. The van der Waals surface area contributed by atoms with Gasteiger partial charge < -0.3 is 25.1 Å². The number of fused-ring (bicyclic) bond motifs is 1. The van der Waals surface area contributed by atoms with E-state index in [1.54, 1.807) is 12.1 Å². The smallest absolute Gasteiger partial charge is 0.217 e. The molecule has 0 atom stereocenters. The van der Waals surface area contributed by atoms with Crippen molar-refractivity contribution in [2.45, 2.75) is 19.4 Å². The lowest BCUT2D eigenvalue weighted by Gasteiger charge is -2.09. The lowest BCUT2D eigenvalue weighted by molar-refractivity contribution is -0.118. The van der Waals surface area contributed by atoms with Crippen molar-refractivity contribution in [2.24, 2.45) is 5.73 Å². The lowest BCUT2D eigenvalue weighted by atomic mass is 9.98. The summed E-state index contributed by atoms with van der Waals surface area (Å²) in [6.45, 7) is 0.241. The van der Waals surface area contributed by atoms with E-state index in [-0.39, 0.29) is 53.8 Å². The molecule has 9 heteroatoms. The Balaban J connectivity index is 1.77. The monoisotopic (exact) mass is 683 g/mol. The third kappa shape index (κ3) is 5.14. The Kier molecular flexibility index (Phi) is 7.31. The molecule has 4 N–H and O–H groups in total. The number of hydrogen-bond acceptors (Lipinski definition) is 6. The highest BCUT2D eigenvalue weighted by atomic mass is 127. The summed E-state index contributed by atoms with van der Waals surface area (Å²) in [6.07, 6.45) is 0.117. The molecule has 0 aliphatic carbocycles. The van der Waals surface area contributed by atoms with Crippen molar-refractivity contribution in [3.05, 3.63) is 84.2 Å². The number of hydrogen-bond donors (Lipinski definition) is 3. The molecule has 0 fully saturated rings. The van der Waals surface area contributed by atoms with Crippen molar-refractivity contribution in [3.63, 3.8) is 0 Å². The van der Waals surface area contributed by atoms with Gasteiger partial charge in [0.25, 0.3) is 0 Å². The van der Waals surface area contributed by atoms with E-state index in [1.165, 1.54) is 12.1 Å². The van der Waals surface area contributed by atoms with E-state index >= 15 is 0 Å². The number of phenols is 2. The predicted octanol–water partition coefficient (Wildman–Crippen LogP) is 5.28. The van der Waals surface area contributed by atoms with E-state index in [1.807, 2.05) is 75.5 Å². The van der Waals surface area contributed by atoms with Gasteiger partial charge in [0, 0.05) is 29.9 Å². The predicted molar refractivity (Wildman–Crippen MR) is 143 cm³/mol. The number of ether oxygens (including phenoxy) is 1. The molecule has 174 valence electrons. The van der Waals surface area contributed by atoms with Gasteiger partial charge in [-0.2, -0.15) is 0 Å². The molecule has 4 rings (SSSR count). The van der Waals surface area contributed by atoms with Crippen LogP contribution in [0.5, 0.6) is 17.2 Å². The van der Waals surface area contributed by atoms with Crippen LogP contribution in [0.2, 0.25) is 0 Å². The number of halogens is 2. The van der Waals surface area contributed by atoms with Gasteiger partial charge in [-0.1, -0.05) is 30.3 Å². The molecule has 7 nitrogen and oxygen atoms in total. The van der Waals surface area contributed by atoms with Crippen LogP contribution in [-0.4, -0.2) is 21.9 Å². The van der Waals surface area contributed by atoms with Crippen molar-refractivity contribution in [1.29, 1.82) is 0 Å². The number of primary amides is 1. The molecule has 0 radical (unpaired) electrons. The minimum absolute atomic E-state index is 0.00586. The molecular weight excluding hydrogens is 664 g/mol. The standard InChI is InChI=1S/C25H19I2NO6/c26-16-8-14(9-17(27)25(16)32)24(31)23-15-10-18(29)21(33-12-13-4-2-1-3-5-13)11-20(15)34-19(23)6-7-22(28)30/h1-5,8-11,29,32H,6-7,12H2,(H2,28,30). The zero-order valence-electron chi connectivity index (χ0n) is 17.7. The summed E-state index contributed by atoms with van der Waals surface area (Å²) in [5.41, 5.74) is 7.16. The zero-order valence-corrected chi connectivity index (χ0v) is 22.0. The Morgan fingerprint density at radius 3 is 2.32 bits per heavy atom. The first kappa shape index (κ1) is 24.3. The van der Waals surface area contributed by atoms with Gasteiger partial charge in [0.2, 0.25) is 5.91 Å². The zero-order chi connectivity index (χ0) is 24.4. The molecule has 0 aliphatic rings. The molecule has 34 heavy (non-hydrogen) atoms. The number of carbonyl (C=O) groups excluding carboxylic acids is 2. The summed E-state index contributed by atoms with van der Waals surface area (Å²) in [4.78, 5) is 24.9. The van der Waals surface area contributed by atoms with Crippen LogP contribution in [0.4, 0.5) is 0 Å². The third-order valence-electron chi connectivity index (χ3n) is 5.18. The second-order valence-electron chi connectivity index (χ2n) is 7.57. The van der Waals surface area contributed by atoms with E-state index < -0.39 is 5.91 Å². The number of aryl methyl sites for hydroxylation is 1. The Hall–Kier alpha value is -2.80. The molecule has 0 bridgehead atoms. The summed E-state index contributed by atoms with van der Waals surface area (Å²) in [6, 6.07) is 15.6. The van der Waals surface area contributed by atoms with Crippen LogP contribution in [0.25, 0.3) is 11.0 Å². The minimum Gasteiger partial charge on any atom is -0.506 e. The molecule has 0 saturated carbocycles. The molecule has 0 spiro atoms. The maximum Gasteiger partial charge on any atom is 0.217 e. The molecule has 4 aromatic rings. The number of rotatable bonds is 8. The summed E-state index contributed by atoms with van der Waals surface area (Å²) in [7, 11) is 0. The van der Waals surface area contributed by atoms with Crippen LogP contribution < -0.4 is 10.5 Å². The van der Waals surface area contributed by atoms with Gasteiger partial charge in [0.05, 0.1) is 12.7 Å². The van der Waals surface area contributed by atoms with Crippen molar-refractivity contribution < 1.29 is 29.0 Å². The fourth-order valence-corrected chi connectivity index (χ4v) is 5.29. The molecular formula is C25H19I2NO6. The minimum atomic E-state index is -0.526. The second kappa shape index (κ2) is 10.2. The number of benzene rings is 3. The molecule has 1 heterocycles. The maximum atomic E-state index is 13.5. The average molecular weight is 683 g/mol. The van der Waals surface area contributed by atoms with Crippen LogP contribution in [-0.2, 0) is 17.8 Å². The molecule has 3 aromatic carbocycles. The van der Waals surface area contributed by atoms with Crippen molar-refractivity contribution in [3.8, 4) is 17.2 Å². The Morgan fingerprint density at radius 2 is 1.68 bits per heavy atom. The number of ketones is 1. The summed E-state index contributed by atoms with van der Waals surface area (Å²) in [5, 5.41) is 21.1. The SMILES string of the molecule is NC(=O)CCc1oc2cc(OCc3ccccc3)c(O)cc2c1C(=O)c1cc(I)c(O)c(I)c1. The van der Waals surface area contributed by atoms with Crippen molar-refractivity contribution in [2.75, 3.05) is 0 Å². The quantitative estimate of drug-likeness (QED) is 0.172. The average Bonchev–Trinajstić information content (AvgIpc) is 3.16. The van der Waals surface area contributed by atoms with Crippen LogP contribution in [0.1, 0.15) is 33.7 Å². The number of nitrogens with two attached hydrogens (primary N) is 1. The normalized spacial score (nSPS) is 11.0. The third-order valence-corrected chi connectivity index (χ3v) is 6.83. The van der Waals surface area contributed by atoms with Crippen LogP contribution in [0.3, 0.4) is 0 Å². The largest absolute Gasteiger partial charge is 0.506 e. The number of amides is 1. The Labute approximate surface area is 222 Å². The number of aromatic hydroxyl groups is 2. The highest BCUT2D eigenvalue weighted by molar-refractivity contribution is 14.1. The van der Waals surface area contributed by atoms with E-state index in [0.29, 0.717) is 23.7 Å². The van der Waals surface area contributed by atoms with Crippen LogP contribution in [0, 0.1) is 7.14 Å². The highest BCUT2D eigenvalue weighted by Gasteiger charge is 2.25. The Bertz CT molecular complexity index is 1370. The van der Waals surface area contributed by atoms with E-state index in [4.69, 9.17) is 14.9 Å². The second-order valence-corrected chi connectivity index (χ2v) is 9.90. The van der Waals surface area contributed by atoms with Gasteiger partial charge in [0.1, 0.15) is 23.7 Å². The molecule has 1 amide bonds. The van der Waals surface area contributed by atoms with Gasteiger partial charge in [-0.25, -0.2) is 0 Å². The van der Waals surface area contributed by atoms with E-state index in [9.17, 15) is 19.8 Å². The lowest BCUT2D eigenvalue weighted by Crippen LogP contribution is -2.12. The first-order chi connectivity index (χ1) is 16.2. The van der Waals surface area contributed by atoms with Gasteiger partial charge in [-0.3, -0.25) is 9.59 Å². The fourth-order valence-electron chi connectivity index (χ4n) is 3.52. The number of carbonyl (C=O) groups is 2. The first-order valence-corrected chi connectivity index (χ1v) is 12.4. The molecule has 0 aliphatic heterocycles. The maximum absolute atomic E-state index is 13.5. The van der Waals surface area contributed by atoms with Gasteiger partial charge >= 0.3 is 0 Å². The van der Waals surface area contributed by atoms with Gasteiger partial charge in [0.15, 0.2) is 17.3 Å². The van der Waals surface area contributed by atoms with E-state index in [2.05, 4.69) is 0 Å². The van der Waals surface area contributed by atoms with Gasteiger partial charge in [-0.15, -0.1) is 0 Å². The van der Waals surface area contributed by atoms with Crippen LogP contribution in [0.15, 0.2) is 59.0 Å². The molecule has 0 unspecified atom stereocenters. The number of phenolic OH excluding ortho intramolecular Hbond substituents is 2. The summed E-state index contributed by atoms with van der Waals surface area (Å²) in [5.74, 6) is -0.430. The topological polar surface area (TPSA) is 123 Å². The molecule has 1 aromatic heterocycles. The summed E-state index contributed by atoms with van der Waals surface area (Å²) >= 11 is 3.91. The highest BCUT2D eigenvalue weighted by Crippen LogP contribution is 2.38. The van der Waals surface area contributed by atoms with Crippen molar-refractivity contribution in [1.82, 2.24) is 0 Å². The van der Waals surface area contributed by atoms with Gasteiger partial charge in [-0.05, 0) is 68.9 Å². The summed E-state index contributed by atoms with van der Waals surface area (Å²) < 4.78 is 12.8. The number of furan rings is 1.